The number of nitrogens with one attached hydrogen (secondary N) is 1. The number of rotatable bonds is 8. The largest absolute Gasteiger partial charge is 0.497 e. The molecule has 1 aromatic carbocycles. The number of hydrogen-bond acceptors (Lipinski definition) is 5. The third kappa shape index (κ3) is 4.47. The van der Waals surface area contributed by atoms with E-state index in [9.17, 15) is 14.7 Å². The van der Waals surface area contributed by atoms with Crippen molar-refractivity contribution in [2.75, 3.05) is 46.4 Å². The molecule has 2 saturated heterocycles. The van der Waals surface area contributed by atoms with Crippen molar-refractivity contribution in [3.05, 3.63) is 29.8 Å². The van der Waals surface area contributed by atoms with Crippen LogP contribution >= 0.6 is 0 Å². The van der Waals surface area contributed by atoms with Gasteiger partial charge in [0, 0.05) is 19.6 Å². The number of hydrogen-bond donors (Lipinski definition) is 2. The maximum Gasteiger partial charge on any atom is 0.243 e. The Hall–Kier alpha value is -2.12. The summed E-state index contributed by atoms with van der Waals surface area (Å²) in [5, 5.41) is 12.2. The first-order chi connectivity index (χ1) is 13.6. The molecule has 2 fully saturated rings. The predicted molar refractivity (Wildman–Crippen MR) is 106 cm³/mol. The van der Waals surface area contributed by atoms with Crippen molar-refractivity contribution in [2.45, 2.75) is 37.6 Å². The van der Waals surface area contributed by atoms with Crippen LogP contribution in [0.4, 0.5) is 0 Å². The first kappa shape index (κ1) is 20.6. The smallest absolute Gasteiger partial charge is 0.243 e. The normalized spacial score (nSPS) is 22.6. The molecule has 7 nitrogen and oxygen atoms in total. The third-order valence-electron chi connectivity index (χ3n) is 5.93. The molecule has 2 amide bonds. The van der Waals surface area contributed by atoms with Gasteiger partial charge in [-0.05, 0) is 56.3 Å². The standard InChI is InChI=1S/C21H31N3O4/c1-28-18-6-4-17(5-7-18)8-11-22-19(26)16-24-13-3-10-21(24)9-2-12-23(14-15-25)20(21)27/h4-7,25H,2-3,8-16H2,1H3,(H,22,26). The van der Waals surface area contributed by atoms with Gasteiger partial charge in [0.2, 0.25) is 11.8 Å². The van der Waals surface area contributed by atoms with Crippen molar-refractivity contribution < 1.29 is 19.4 Å². The van der Waals surface area contributed by atoms with Gasteiger partial charge in [0.15, 0.2) is 0 Å². The Morgan fingerprint density at radius 1 is 1.21 bits per heavy atom. The lowest BCUT2D eigenvalue weighted by molar-refractivity contribution is -0.148. The number of amides is 2. The van der Waals surface area contributed by atoms with E-state index in [0.29, 0.717) is 19.6 Å². The Labute approximate surface area is 166 Å². The second-order valence-corrected chi connectivity index (χ2v) is 7.62. The summed E-state index contributed by atoms with van der Waals surface area (Å²) >= 11 is 0. The number of ether oxygens (including phenoxy) is 1. The van der Waals surface area contributed by atoms with Gasteiger partial charge in [-0.3, -0.25) is 14.5 Å². The van der Waals surface area contributed by atoms with E-state index in [0.717, 1.165) is 50.0 Å². The average molecular weight is 389 g/mol. The zero-order valence-corrected chi connectivity index (χ0v) is 16.7. The minimum absolute atomic E-state index is 0.0202. The zero-order valence-electron chi connectivity index (χ0n) is 16.7. The van der Waals surface area contributed by atoms with Crippen molar-refractivity contribution in [1.29, 1.82) is 0 Å². The lowest BCUT2D eigenvalue weighted by Gasteiger charge is -2.44. The predicted octanol–water partition coefficient (Wildman–Crippen LogP) is 0.803. The maximum atomic E-state index is 13.0. The first-order valence-corrected chi connectivity index (χ1v) is 10.1. The van der Waals surface area contributed by atoms with Gasteiger partial charge >= 0.3 is 0 Å². The number of β-amino-alcohol motifs (C(OH)–C–C–N with tert-alkyl or cyclic N) is 1. The van der Waals surface area contributed by atoms with Crippen molar-refractivity contribution in [3.8, 4) is 5.75 Å². The maximum absolute atomic E-state index is 13.0. The van der Waals surface area contributed by atoms with Crippen LogP contribution in [0.5, 0.6) is 5.75 Å². The van der Waals surface area contributed by atoms with Crippen LogP contribution in [0.1, 0.15) is 31.2 Å². The molecule has 1 aromatic rings. The second kappa shape index (κ2) is 9.39. The number of carbonyl (C=O) groups is 2. The van der Waals surface area contributed by atoms with Crippen LogP contribution in [0.15, 0.2) is 24.3 Å². The van der Waals surface area contributed by atoms with Gasteiger partial charge in [-0.15, -0.1) is 0 Å². The highest BCUT2D eigenvalue weighted by Crippen LogP contribution is 2.37. The van der Waals surface area contributed by atoms with Crippen LogP contribution in [-0.4, -0.2) is 78.7 Å². The molecule has 28 heavy (non-hydrogen) atoms. The van der Waals surface area contributed by atoms with Crippen LogP contribution in [-0.2, 0) is 16.0 Å². The van der Waals surface area contributed by atoms with Crippen molar-refractivity contribution in [1.82, 2.24) is 15.1 Å². The van der Waals surface area contributed by atoms with Crippen LogP contribution in [0.25, 0.3) is 0 Å². The lowest BCUT2D eigenvalue weighted by atomic mass is 9.85. The summed E-state index contributed by atoms with van der Waals surface area (Å²) in [7, 11) is 1.64. The fraction of sp³-hybridized carbons (Fsp3) is 0.619. The molecule has 2 aliphatic rings. The molecule has 1 atom stereocenters. The Bertz CT molecular complexity index is 677. The van der Waals surface area contributed by atoms with Crippen LogP contribution in [0, 0.1) is 0 Å². The lowest BCUT2D eigenvalue weighted by Crippen LogP contribution is -2.61. The minimum Gasteiger partial charge on any atom is -0.497 e. The molecule has 2 N–H and O–H groups in total. The van der Waals surface area contributed by atoms with E-state index < -0.39 is 5.54 Å². The highest BCUT2D eigenvalue weighted by molar-refractivity contribution is 5.88. The summed E-state index contributed by atoms with van der Waals surface area (Å²) in [6, 6.07) is 7.82. The van der Waals surface area contributed by atoms with Gasteiger partial charge in [0.25, 0.3) is 0 Å². The van der Waals surface area contributed by atoms with E-state index in [2.05, 4.69) is 10.2 Å². The Balaban J connectivity index is 1.51. The first-order valence-electron chi connectivity index (χ1n) is 10.1. The molecule has 2 aliphatic heterocycles. The van der Waals surface area contributed by atoms with E-state index in [1.54, 1.807) is 12.0 Å². The quantitative estimate of drug-likeness (QED) is 0.687. The number of benzene rings is 1. The number of aliphatic hydroxyl groups excluding tert-OH is 1. The van der Waals surface area contributed by atoms with Gasteiger partial charge in [0.05, 0.1) is 20.3 Å². The molecule has 3 rings (SSSR count). The van der Waals surface area contributed by atoms with E-state index >= 15 is 0 Å². The number of carbonyl (C=O) groups excluding carboxylic acids is 2. The topological polar surface area (TPSA) is 82.1 Å². The van der Waals surface area contributed by atoms with Gasteiger partial charge in [-0.25, -0.2) is 0 Å². The number of methoxy groups -OCH3 is 1. The van der Waals surface area contributed by atoms with Gasteiger partial charge in [-0.1, -0.05) is 12.1 Å². The molecule has 0 saturated carbocycles. The van der Waals surface area contributed by atoms with Gasteiger partial charge in [-0.2, -0.15) is 0 Å². The molecule has 0 aromatic heterocycles. The summed E-state index contributed by atoms with van der Waals surface area (Å²) in [5.74, 6) is 0.859. The third-order valence-corrected chi connectivity index (χ3v) is 5.93. The zero-order chi connectivity index (χ0) is 20.0. The monoisotopic (exact) mass is 389 g/mol. The number of nitrogens with zero attached hydrogens (tertiary/aromatic N) is 2. The van der Waals surface area contributed by atoms with Crippen molar-refractivity contribution >= 4 is 11.8 Å². The van der Waals surface area contributed by atoms with E-state index in [-0.39, 0.29) is 25.0 Å². The molecule has 1 unspecified atom stereocenters. The number of piperidine rings is 1. The fourth-order valence-electron chi connectivity index (χ4n) is 4.46. The summed E-state index contributed by atoms with van der Waals surface area (Å²) in [5.41, 5.74) is 0.585. The number of likely N-dealkylation sites (tertiary alicyclic amines) is 2. The van der Waals surface area contributed by atoms with Crippen LogP contribution in [0.2, 0.25) is 0 Å². The highest BCUT2D eigenvalue weighted by Gasteiger charge is 2.50. The van der Waals surface area contributed by atoms with Gasteiger partial charge in [0.1, 0.15) is 11.3 Å². The second-order valence-electron chi connectivity index (χ2n) is 7.62. The van der Waals surface area contributed by atoms with Crippen molar-refractivity contribution in [2.24, 2.45) is 0 Å². The Kier molecular flexibility index (Phi) is 6.91. The number of aliphatic hydroxyl groups is 1. The Morgan fingerprint density at radius 3 is 2.61 bits per heavy atom. The van der Waals surface area contributed by atoms with E-state index in [1.807, 2.05) is 24.3 Å². The fourth-order valence-corrected chi connectivity index (χ4v) is 4.46. The van der Waals surface area contributed by atoms with Crippen LogP contribution in [0.3, 0.4) is 0 Å². The van der Waals surface area contributed by atoms with E-state index in [4.69, 9.17) is 4.74 Å². The average Bonchev–Trinajstić information content (AvgIpc) is 3.09. The van der Waals surface area contributed by atoms with Crippen molar-refractivity contribution in [3.63, 3.8) is 0 Å². The highest BCUT2D eigenvalue weighted by atomic mass is 16.5. The Morgan fingerprint density at radius 2 is 1.93 bits per heavy atom. The van der Waals surface area contributed by atoms with Gasteiger partial charge < -0.3 is 20.1 Å². The molecule has 7 heteroatoms. The molecule has 0 radical (unpaired) electrons. The summed E-state index contributed by atoms with van der Waals surface area (Å²) in [6.45, 7) is 2.64. The molecule has 0 aliphatic carbocycles. The summed E-state index contributed by atoms with van der Waals surface area (Å²) in [6.07, 6.45) is 4.20. The minimum atomic E-state index is -0.555. The molecular formula is C21H31N3O4. The molecule has 1 spiro atoms. The van der Waals surface area contributed by atoms with E-state index in [1.165, 1.54) is 0 Å². The molecule has 0 bridgehead atoms. The summed E-state index contributed by atoms with van der Waals surface area (Å²) in [4.78, 5) is 29.3. The molecule has 154 valence electrons. The molecular weight excluding hydrogens is 358 g/mol. The SMILES string of the molecule is COc1ccc(CCNC(=O)CN2CCCC23CCCN(CCO)C3=O)cc1. The molecule has 2 heterocycles. The van der Waals surface area contributed by atoms with Crippen LogP contribution < -0.4 is 10.1 Å². The summed E-state index contributed by atoms with van der Waals surface area (Å²) < 4.78 is 5.15.